The number of thioether (sulfide) groups is 1. The number of nitrogens with zero attached hydrogens (tertiary/aromatic N) is 4. The van der Waals surface area contributed by atoms with Gasteiger partial charge < -0.3 is 9.47 Å². The molecule has 1 aliphatic heterocycles. The molecule has 0 N–H and O–H groups in total. The smallest absolute Gasteiger partial charge is 0.247 e. The first-order chi connectivity index (χ1) is 17.2. The van der Waals surface area contributed by atoms with Gasteiger partial charge in [0.1, 0.15) is 5.75 Å². The molecule has 1 atom stereocenters. The molecule has 0 spiro atoms. The molecular weight excluding hydrogens is 460 g/mol. The van der Waals surface area contributed by atoms with E-state index in [1.54, 1.807) is 4.90 Å². The third-order valence-electron chi connectivity index (χ3n) is 6.30. The quantitative estimate of drug-likeness (QED) is 0.365. The second-order valence-electron chi connectivity index (χ2n) is 8.74. The Balaban J connectivity index is 1.67. The minimum atomic E-state index is -0.745. The number of hydrogen-bond donors (Lipinski definition) is 0. The number of rotatable bonds is 7. The molecule has 2 aliphatic rings. The Morgan fingerprint density at radius 2 is 1.86 bits per heavy atom. The van der Waals surface area contributed by atoms with Crippen LogP contribution in [0.2, 0.25) is 0 Å². The summed E-state index contributed by atoms with van der Waals surface area (Å²) in [6.07, 6.45) is 4.99. The van der Waals surface area contributed by atoms with Gasteiger partial charge in [-0.2, -0.15) is 4.98 Å². The van der Waals surface area contributed by atoms with Crippen molar-refractivity contribution in [3.05, 3.63) is 54.1 Å². The summed E-state index contributed by atoms with van der Waals surface area (Å²) in [6, 6.07) is 15.6. The van der Waals surface area contributed by atoms with Crippen molar-refractivity contribution in [2.75, 3.05) is 10.7 Å². The summed E-state index contributed by atoms with van der Waals surface area (Å²) in [5, 5.41) is 9.34. The van der Waals surface area contributed by atoms with Crippen molar-refractivity contribution < 1.29 is 14.3 Å². The van der Waals surface area contributed by atoms with E-state index in [0.717, 1.165) is 47.6 Å². The van der Waals surface area contributed by atoms with Gasteiger partial charge in [0.05, 0.1) is 17.4 Å². The van der Waals surface area contributed by atoms with Gasteiger partial charge in [0, 0.05) is 12.0 Å². The first-order valence-corrected chi connectivity index (χ1v) is 13.4. The molecule has 1 aromatic heterocycles. The summed E-state index contributed by atoms with van der Waals surface area (Å²) in [5.74, 6) is 1.91. The lowest BCUT2D eigenvalue weighted by atomic mass is 10.1. The van der Waals surface area contributed by atoms with E-state index in [2.05, 4.69) is 10.2 Å². The molecular formula is C27H30N4O3S. The van der Waals surface area contributed by atoms with E-state index < -0.39 is 6.23 Å². The Kier molecular flexibility index (Phi) is 7.18. The summed E-state index contributed by atoms with van der Waals surface area (Å²) >= 11 is 1.50. The minimum Gasteiger partial charge on any atom is -0.490 e. The number of aromatic nitrogens is 3. The standard InChI is InChI=1S/C27H30N4O3S/c1-3-11-23(32)31-21-16-9-7-14-19(21)24-25(28-27(30-29-24)35-4-2)34-26(31)20-15-8-10-17-22(20)33-18-12-5-6-13-18/h7-10,14-18,26H,3-6,11-13H2,1-2H3/t26-/m0/s1. The lowest BCUT2D eigenvalue weighted by Gasteiger charge is -2.32. The lowest BCUT2D eigenvalue weighted by Crippen LogP contribution is -2.38. The number of para-hydroxylation sites is 2. The number of amides is 1. The molecule has 1 amide bonds. The number of carbonyl (C=O) groups is 1. The second kappa shape index (κ2) is 10.6. The number of hydrogen-bond acceptors (Lipinski definition) is 7. The largest absolute Gasteiger partial charge is 0.490 e. The summed E-state index contributed by atoms with van der Waals surface area (Å²) in [4.78, 5) is 20.1. The van der Waals surface area contributed by atoms with E-state index in [1.807, 2.05) is 62.4 Å². The molecule has 8 heteroatoms. The van der Waals surface area contributed by atoms with Crippen LogP contribution in [0.3, 0.4) is 0 Å². The normalized spacial score (nSPS) is 17.3. The van der Waals surface area contributed by atoms with E-state index in [-0.39, 0.29) is 12.0 Å². The maximum absolute atomic E-state index is 13.6. The fourth-order valence-electron chi connectivity index (χ4n) is 4.69. The highest BCUT2D eigenvalue weighted by atomic mass is 32.2. The third kappa shape index (κ3) is 4.85. The molecule has 5 rings (SSSR count). The average Bonchev–Trinajstić information content (AvgIpc) is 3.33. The van der Waals surface area contributed by atoms with Crippen LogP contribution in [0.25, 0.3) is 11.3 Å². The zero-order valence-electron chi connectivity index (χ0n) is 20.1. The Bertz CT molecular complexity index is 1200. The molecule has 0 bridgehead atoms. The molecule has 182 valence electrons. The van der Waals surface area contributed by atoms with Crippen LogP contribution >= 0.6 is 11.8 Å². The van der Waals surface area contributed by atoms with Crippen LogP contribution in [0.4, 0.5) is 5.69 Å². The van der Waals surface area contributed by atoms with Crippen molar-refractivity contribution in [3.63, 3.8) is 0 Å². The highest BCUT2D eigenvalue weighted by Gasteiger charge is 2.37. The van der Waals surface area contributed by atoms with Gasteiger partial charge >= 0.3 is 0 Å². The number of benzene rings is 2. The second-order valence-corrected chi connectivity index (χ2v) is 9.98. The first-order valence-electron chi connectivity index (χ1n) is 12.4. The molecule has 2 aromatic carbocycles. The summed E-state index contributed by atoms with van der Waals surface area (Å²) < 4.78 is 13.1. The van der Waals surface area contributed by atoms with Gasteiger partial charge in [-0.3, -0.25) is 9.69 Å². The van der Waals surface area contributed by atoms with E-state index in [9.17, 15) is 4.79 Å². The monoisotopic (exact) mass is 490 g/mol. The fourth-order valence-corrected chi connectivity index (χ4v) is 5.19. The Morgan fingerprint density at radius 1 is 1.09 bits per heavy atom. The van der Waals surface area contributed by atoms with Crippen molar-refractivity contribution in [1.82, 2.24) is 15.2 Å². The molecule has 1 aliphatic carbocycles. The third-order valence-corrected chi connectivity index (χ3v) is 7.02. The van der Waals surface area contributed by atoms with Crippen molar-refractivity contribution in [3.8, 4) is 22.9 Å². The predicted octanol–water partition coefficient (Wildman–Crippen LogP) is 6.20. The molecule has 0 unspecified atom stereocenters. The van der Waals surface area contributed by atoms with Crippen LogP contribution in [0, 0.1) is 0 Å². The average molecular weight is 491 g/mol. The maximum atomic E-state index is 13.6. The molecule has 0 saturated heterocycles. The minimum absolute atomic E-state index is 0.0236. The number of anilines is 1. The van der Waals surface area contributed by atoms with Gasteiger partial charge in [-0.1, -0.05) is 55.9 Å². The zero-order valence-corrected chi connectivity index (χ0v) is 21.0. The van der Waals surface area contributed by atoms with E-state index in [4.69, 9.17) is 14.5 Å². The van der Waals surface area contributed by atoms with Gasteiger partial charge in [0.25, 0.3) is 0 Å². The first kappa shape index (κ1) is 23.6. The molecule has 0 radical (unpaired) electrons. The van der Waals surface area contributed by atoms with Crippen LogP contribution in [0.15, 0.2) is 53.7 Å². The lowest BCUT2D eigenvalue weighted by molar-refractivity contribution is -0.120. The molecule has 35 heavy (non-hydrogen) atoms. The Labute approximate surface area is 210 Å². The van der Waals surface area contributed by atoms with Gasteiger partial charge in [-0.25, -0.2) is 0 Å². The summed E-state index contributed by atoms with van der Waals surface area (Å²) in [6.45, 7) is 4.05. The zero-order chi connectivity index (χ0) is 24.2. The topological polar surface area (TPSA) is 77.4 Å². The predicted molar refractivity (Wildman–Crippen MR) is 137 cm³/mol. The van der Waals surface area contributed by atoms with Crippen LogP contribution in [0.1, 0.15) is 64.2 Å². The van der Waals surface area contributed by atoms with Crippen LogP contribution < -0.4 is 14.4 Å². The van der Waals surface area contributed by atoms with E-state index >= 15 is 0 Å². The molecule has 2 heterocycles. The molecule has 1 fully saturated rings. The number of fused-ring (bicyclic) bond motifs is 3. The summed E-state index contributed by atoms with van der Waals surface area (Å²) in [5.41, 5.74) is 2.84. The highest BCUT2D eigenvalue weighted by Crippen LogP contribution is 2.45. The van der Waals surface area contributed by atoms with Crippen molar-refractivity contribution in [2.24, 2.45) is 0 Å². The van der Waals surface area contributed by atoms with Gasteiger partial charge in [0.15, 0.2) is 5.69 Å². The van der Waals surface area contributed by atoms with Gasteiger partial charge in [-0.15, -0.1) is 10.2 Å². The number of ether oxygens (including phenoxy) is 2. The van der Waals surface area contributed by atoms with Crippen molar-refractivity contribution in [2.45, 2.75) is 69.9 Å². The van der Waals surface area contributed by atoms with Crippen molar-refractivity contribution in [1.29, 1.82) is 0 Å². The van der Waals surface area contributed by atoms with E-state index in [1.165, 1.54) is 24.6 Å². The summed E-state index contributed by atoms with van der Waals surface area (Å²) in [7, 11) is 0. The van der Waals surface area contributed by atoms with Gasteiger partial charge in [0.2, 0.25) is 23.2 Å². The van der Waals surface area contributed by atoms with Crippen molar-refractivity contribution >= 4 is 23.4 Å². The molecule has 7 nitrogen and oxygen atoms in total. The Morgan fingerprint density at radius 3 is 2.66 bits per heavy atom. The maximum Gasteiger partial charge on any atom is 0.247 e. The Hall–Kier alpha value is -3.13. The molecule has 1 saturated carbocycles. The number of carbonyl (C=O) groups excluding carboxylic acids is 1. The van der Waals surface area contributed by atoms with Crippen LogP contribution in [-0.2, 0) is 4.79 Å². The highest BCUT2D eigenvalue weighted by molar-refractivity contribution is 7.99. The van der Waals surface area contributed by atoms with Crippen LogP contribution in [0.5, 0.6) is 11.6 Å². The van der Waals surface area contributed by atoms with Gasteiger partial charge in [-0.05, 0) is 56.1 Å². The van der Waals surface area contributed by atoms with Crippen LogP contribution in [-0.4, -0.2) is 32.9 Å². The molecule has 3 aromatic rings. The van der Waals surface area contributed by atoms with E-state index in [0.29, 0.717) is 23.2 Å². The fraction of sp³-hybridized carbons (Fsp3) is 0.407. The SMILES string of the molecule is CCCC(=O)N1c2ccccc2-c2nnc(SCC)nc2O[C@H]1c1ccccc1OC1CCCC1.